The van der Waals surface area contributed by atoms with Crippen LogP contribution in [0.15, 0.2) is 54.7 Å². The third-order valence-corrected chi connectivity index (χ3v) is 3.53. The standard InChI is InChI=1S/C17H16NO/c1-2-14(19)12-18-11-5-8-16-15-7-4-3-6-13(15)9-10-17(16)18/h3-11H,2,12H2,1H3/q+1. The van der Waals surface area contributed by atoms with E-state index in [0.29, 0.717) is 13.0 Å². The number of hydrogen-bond acceptors (Lipinski definition) is 1. The second-order valence-electron chi connectivity index (χ2n) is 4.75. The minimum Gasteiger partial charge on any atom is -0.293 e. The summed E-state index contributed by atoms with van der Waals surface area (Å²) in [5, 5.41) is 3.66. The van der Waals surface area contributed by atoms with Gasteiger partial charge in [-0.15, -0.1) is 0 Å². The van der Waals surface area contributed by atoms with Gasteiger partial charge in [0.05, 0.1) is 5.39 Å². The van der Waals surface area contributed by atoms with E-state index < -0.39 is 0 Å². The van der Waals surface area contributed by atoms with Crippen molar-refractivity contribution in [2.45, 2.75) is 19.9 Å². The molecule has 0 fully saturated rings. The molecule has 2 heteroatoms. The smallest absolute Gasteiger partial charge is 0.213 e. The summed E-state index contributed by atoms with van der Waals surface area (Å²) >= 11 is 0. The molecule has 0 saturated carbocycles. The van der Waals surface area contributed by atoms with Gasteiger partial charge < -0.3 is 0 Å². The van der Waals surface area contributed by atoms with Crippen molar-refractivity contribution in [3.05, 3.63) is 54.7 Å². The summed E-state index contributed by atoms with van der Waals surface area (Å²) in [6.45, 7) is 2.36. The molecule has 0 amide bonds. The largest absolute Gasteiger partial charge is 0.293 e. The number of Topliss-reactive ketones (excluding diaryl/α,β-unsaturated/α-hetero) is 1. The van der Waals surface area contributed by atoms with Crippen LogP contribution in [0.5, 0.6) is 0 Å². The highest BCUT2D eigenvalue weighted by molar-refractivity contribution is 6.05. The molecule has 2 aromatic carbocycles. The molecule has 3 aromatic rings. The number of benzene rings is 2. The summed E-state index contributed by atoms with van der Waals surface area (Å²) in [5.41, 5.74) is 1.11. The first kappa shape index (κ1) is 11.8. The van der Waals surface area contributed by atoms with Gasteiger partial charge in [-0.05, 0) is 22.9 Å². The van der Waals surface area contributed by atoms with E-state index in [2.05, 4.69) is 36.4 Å². The fraction of sp³-hybridized carbons (Fsp3) is 0.176. The van der Waals surface area contributed by atoms with Crippen LogP contribution in [0.3, 0.4) is 0 Å². The van der Waals surface area contributed by atoms with E-state index in [-0.39, 0.29) is 5.78 Å². The Morgan fingerprint density at radius 2 is 1.79 bits per heavy atom. The minimum absolute atomic E-state index is 0.255. The third kappa shape index (κ3) is 2.10. The minimum atomic E-state index is 0.255. The molecule has 0 N–H and O–H groups in total. The van der Waals surface area contributed by atoms with E-state index in [4.69, 9.17) is 0 Å². The molecule has 1 aromatic heterocycles. The fourth-order valence-electron chi connectivity index (χ4n) is 2.47. The van der Waals surface area contributed by atoms with Crippen molar-refractivity contribution >= 4 is 27.5 Å². The molecule has 0 atom stereocenters. The van der Waals surface area contributed by atoms with Crippen LogP contribution in [0, 0.1) is 0 Å². The van der Waals surface area contributed by atoms with Gasteiger partial charge in [-0.3, -0.25) is 4.79 Å². The Kier molecular flexibility index (Phi) is 3.00. The number of nitrogens with zero attached hydrogens (tertiary/aromatic N) is 1. The molecular formula is C17H16NO+. The number of carbonyl (C=O) groups excluding carboxylic acids is 1. The first-order valence-corrected chi connectivity index (χ1v) is 6.61. The Balaban J connectivity index is 2.26. The van der Waals surface area contributed by atoms with Gasteiger partial charge in [-0.2, -0.15) is 4.57 Å². The van der Waals surface area contributed by atoms with Crippen molar-refractivity contribution in [1.82, 2.24) is 0 Å². The van der Waals surface area contributed by atoms with Gasteiger partial charge in [0, 0.05) is 18.6 Å². The van der Waals surface area contributed by atoms with Gasteiger partial charge in [-0.1, -0.05) is 31.2 Å². The van der Waals surface area contributed by atoms with Crippen LogP contribution in [0.25, 0.3) is 21.7 Å². The van der Waals surface area contributed by atoms with Crippen LogP contribution in [-0.4, -0.2) is 5.78 Å². The van der Waals surface area contributed by atoms with Gasteiger partial charge in [0.1, 0.15) is 0 Å². The Labute approximate surface area is 112 Å². The number of fused-ring (bicyclic) bond motifs is 3. The van der Waals surface area contributed by atoms with Crippen LogP contribution < -0.4 is 4.57 Å². The fourth-order valence-corrected chi connectivity index (χ4v) is 2.47. The topological polar surface area (TPSA) is 20.9 Å². The number of pyridine rings is 1. The quantitative estimate of drug-likeness (QED) is 0.516. The number of aromatic nitrogens is 1. The van der Waals surface area contributed by atoms with E-state index in [0.717, 1.165) is 5.52 Å². The van der Waals surface area contributed by atoms with Gasteiger partial charge in [-0.25, -0.2) is 0 Å². The van der Waals surface area contributed by atoms with Crippen molar-refractivity contribution in [1.29, 1.82) is 0 Å². The lowest BCUT2D eigenvalue weighted by Gasteiger charge is -2.03. The van der Waals surface area contributed by atoms with Crippen molar-refractivity contribution in [2.24, 2.45) is 0 Å². The van der Waals surface area contributed by atoms with E-state index >= 15 is 0 Å². The van der Waals surface area contributed by atoms with E-state index in [1.165, 1.54) is 16.2 Å². The molecule has 2 nitrogen and oxygen atoms in total. The summed E-state index contributed by atoms with van der Waals surface area (Å²) in [6.07, 6.45) is 2.56. The van der Waals surface area contributed by atoms with E-state index in [1.807, 2.05) is 29.8 Å². The number of hydrogen-bond donors (Lipinski definition) is 0. The highest BCUT2D eigenvalue weighted by Gasteiger charge is 2.13. The predicted molar refractivity (Wildman–Crippen MR) is 76.9 cm³/mol. The van der Waals surface area contributed by atoms with Gasteiger partial charge in [0.2, 0.25) is 12.1 Å². The lowest BCUT2D eigenvalue weighted by atomic mass is 10.1. The van der Waals surface area contributed by atoms with E-state index in [9.17, 15) is 4.79 Å². The zero-order chi connectivity index (χ0) is 13.2. The van der Waals surface area contributed by atoms with Crippen molar-refractivity contribution in [3.63, 3.8) is 0 Å². The van der Waals surface area contributed by atoms with E-state index in [1.54, 1.807) is 0 Å². The number of ketones is 1. The first-order chi connectivity index (χ1) is 9.29. The highest BCUT2D eigenvalue weighted by Crippen LogP contribution is 2.22. The van der Waals surface area contributed by atoms with Crippen LogP contribution in [-0.2, 0) is 11.3 Å². The molecule has 19 heavy (non-hydrogen) atoms. The number of carbonyl (C=O) groups is 1. The van der Waals surface area contributed by atoms with Crippen LogP contribution >= 0.6 is 0 Å². The molecule has 0 spiro atoms. The SMILES string of the molecule is CCC(=O)C[n+]1cccc2c3ccccc3ccc21. The first-order valence-electron chi connectivity index (χ1n) is 6.61. The summed E-state index contributed by atoms with van der Waals surface area (Å²) < 4.78 is 2.04. The third-order valence-electron chi connectivity index (χ3n) is 3.53. The second-order valence-corrected chi connectivity index (χ2v) is 4.75. The lowest BCUT2D eigenvalue weighted by molar-refractivity contribution is -0.658. The van der Waals surface area contributed by atoms with Gasteiger partial charge in [0.25, 0.3) is 0 Å². The monoisotopic (exact) mass is 250 g/mol. The van der Waals surface area contributed by atoms with Crippen LogP contribution in [0.1, 0.15) is 13.3 Å². The maximum absolute atomic E-state index is 11.7. The average Bonchev–Trinajstić information content (AvgIpc) is 2.47. The summed E-state index contributed by atoms with van der Waals surface area (Å²) in [4.78, 5) is 11.7. The van der Waals surface area contributed by atoms with Crippen molar-refractivity contribution < 1.29 is 9.36 Å². The van der Waals surface area contributed by atoms with Gasteiger partial charge in [0.15, 0.2) is 12.0 Å². The average molecular weight is 250 g/mol. The molecule has 0 saturated heterocycles. The van der Waals surface area contributed by atoms with Gasteiger partial charge >= 0.3 is 0 Å². The predicted octanol–water partition coefficient (Wildman–Crippen LogP) is 3.26. The molecule has 0 bridgehead atoms. The molecular weight excluding hydrogens is 234 g/mol. The van der Waals surface area contributed by atoms with Crippen LogP contribution in [0.2, 0.25) is 0 Å². The molecule has 0 aliphatic heterocycles. The Morgan fingerprint density at radius 1 is 1.00 bits per heavy atom. The second kappa shape index (κ2) is 4.81. The Bertz CT molecular complexity index is 761. The maximum Gasteiger partial charge on any atom is 0.213 e. The summed E-state index contributed by atoms with van der Waals surface area (Å²) in [7, 11) is 0. The zero-order valence-electron chi connectivity index (χ0n) is 11.0. The normalized spacial score (nSPS) is 11.0. The molecule has 1 heterocycles. The Hall–Kier alpha value is -2.22. The lowest BCUT2D eigenvalue weighted by Crippen LogP contribution is -2.38. The highest BCUT2D eigenvalue weighted by atomic mass is 16.1. The number of rotatable bonds is 3. The van der Waals surface area contributed by atoms with Crippen molar-refractivity contribution in [2.75, 3.05) is 0 Å². The Morgan fingerprint density at radius 3 is 2.63 bits per heavy atom. The molecule has 0 aliphatic rings. The molecule has 0 unspecified atom stereocenters. The zero-order valence-corrected chi connectivity index (χ0v) is 11.0. The summed E-state index contributed by atoms with van der Waals surface area (Å²) in [6, 6.07) is 16.7. The summed E-state index contributed by atoms with van der Waals surface area (Å²) in [5.74, 6) is 0.255. The maximum atomic E-state index is 11.7. The van der Waals surface area contributed by atoms with Crippen LogP contribution in [0.4, 0.5) is 0 Å². The molecule has 0 radical (unpaired) electrons. The molecule has 0 aliphatic carbocycles. The molecule has 3 rings (SSSR count). The van der Waals surface area contributed by atoms with Crippen molar-refractivity contribution in [3.8, 4) is 0 Å². The molecule has 94 valence electrons.